The molecule has 0 aliphatic rings. The zero-order valence-electron chi connectivity index (χ0n) is 13.8. The van der Waals surface area contributed by atoms with E-state index in [-0.39, 0.29) is 11.8 Å². The quantitative estimate of drug-likeness (QED) is 0.581. The first-order chi connectivity index (χ1) is 11.6. The molecule has 0 radical (unpaired) electrons. The number of aromatic amines is 1. The molecule has 0 saturated heterocycles. The highest BCUT2D eigenvalue weighted by atomic mass is 16.3. The Morgan fingerprint density at radius 3 is 2.75 bits per heavy atom. The molecular weight excluding hydrogens is 296 g/mol. The number of phenols is 1. The molecule has 3 rings (SSSR count). The SMILES string of the molecule is C=C(/C=C/c1ccc(O)cc1)N[C@H](C)Cc1c[nH]c2ccccc12. The standard InChI is InChI=1S/C21H22N2O/c1-15(7-8-17-9-11-19(24)12-10-17)23-16(2)13-18-14-22-21-6-4-3-5-20(18)21/h3-12,14,16,22-24H,1,13H2,2H3/b8-7+/t16-/m1/s1. The van der Waals surface area contributed by atoms with E-state index in [4.69, 9.17) is 0 Å². The number of nitrogens with one attached hydrogen (secondary N) is 2. The zero-order valence-corrected chi connectivity index (χ0v) is 13.8. The fraction of sp³-hybridized carbons (Fsp3) is 0.143. The summed E-state index contributed by atoms with van der Waals surface area (Å²) < 4.78 is 0. The number of hydrogen-bond donors (Lipinski definition) is 3. The summed E-state index contributed by atoms with van der Waals surface area (Å²) in [6.07, 6.45) is 6.94. The van der Waals surface area contributed by atoms with Crippen LogP contribution < -0.4 is 5.32 Å². The number of allylic oxidation sites excluding steroid dienone is 1. The molecule has 0 aliphatic carbocycles. The van der Waals surface area contributed by atoms with Gasteiger partial charge >= 0.3 is 0 Å². The normalized spacial score (nSPS) is 12.5. The first-order valence-electron chi connectivity index (χ1n) is 8.09. The highest BCUT2D eigenvalue weighted by Gasteiger charge is 2.08. The molecule has 3 heteroatoms. The van der Waals surface area contributed by atoms with Crippen molar-refractivity contribution in [2.45, 2.75) is 19.4 Å². The van der Waals surface area contributed by atoms with Crippen LogP contribution in [-0.2, 0) is 6.42 Å². The molecule has 24 heavy (non-hydrogen) atoms. The lowest BCUT2D eigenvalue weighted by Crippen LogP contribution is -2.26. The van der Waals surface area contributed by atoms with Crippen molar-refractivity contribution in [3.05, 3.63) is 84.2 Å². The number of aromatic hydroxyl groups is 1. The second-order valence-electron chi connectivity index (χ2n) is 6.06. The molecule has 1 heterocycles. The molecule has 0 spiro atoms. The molecule has 1 atom stereocenters. The number of fused-ring (bicyclic) bond motifs is 1. The molecule has 0 fully saturated rings. The van der Waals surface area contributed by atoms with Gasteiger partial charge in [0.05, 0.1) is 0 Å². The van der Waals surface area contributed by atoms with Crippen LogP contribution in [0.15, 0.2) is 73.1 Å². The van der Waals surface area contributed by atoms with Gasteiger partial charge in [0.25, 0.3) is 0 Å². The van der Waals surface area contributed by atoms with Gasteiger partial charge in [0.1, 0.15) is 5.75 Å². The third-order valence-electron chi connectivity index (χ3n) is 4.00. The average molecular weight is 318 g/mol. The molecular formula is C21H22N2O. The highest BCUT2D eigenvalue weighted by Crippen LogP contribution is 2.19. The Labute approximate surface area is 142 Å². The summed E-state index contributed by atoms with van der Waals surface area (Å²) in [5, 5.41) is 14.0. The molecule has 0 saturated carbocycles. The van der Waals surface area contributed by atoms with E-state index in [1.54, 1.807) is 12.1 Å². The number of H-pyrrole nitrogens is 1. The highest BCUT2D eigenvalue weighted by molar-refractivity contribution is 5.83. The van der Waals surface area contributed by atoms with Crippen molar-refractivity contribution in [2.75, 3.05) is 0 Å². The third-order valence-corrected chi connectivity index (χ3v) is 4.00. The first-order valence-corrected chi connectivity index (χ1v) is 8.09. The van der Waals surface area contributed by atoms with E-state index in [1.165, 1.54) is 16.5 Å². The summed E-state index contributed by atoms with van der Waals surface area (Å²) in [7, 11) is 0. The Balaban J connectivity index is 1.59. The van der Waals surface area contributed by atoms with Gasteiger partial charge < -0.3 is 15.4 Å². The monoisotopic (exact) mass is 318 g/mol. The second-order valence-corrected chi connectivity index (χ2v) is 6.06. The molecule has 1 aromatic heterocycles. The Bertz CT molecular complexity index is 859. The molecule has 2 aromatic carbocycles. The van der Waals surface area contributed by atoms with Crippen LogP contribution in [-0.4, -0.2) is 16.1 Å². The number of para-hydroxylation sites is 1. The van der Waals surface area contributed by atoms with Crippen molar-refractivity contribution in [1.82, 2.24) is 10.3 Å². The molecule has 0 unspecified atom stereocenters. The van der Waals surface area contributed by atoms with Crippen LogP contribution in [0.3, 0.4) is 0 Å². The predicted molar refractivity (Wildman–Crippen MR) is 101 cm³/mol. The van der Waals surface area contributed by atoms with E-state index in [2.05, 4.69) is 48.2 Å². The number of hydrogen-bond acceptors (Lipinski definition) is 2. The number of aromatic nitrogens is 1. The summed E-state index contributed by atoms with van der Waals surface area (Å²) in [6.45, 7) is 6.22. The van der Waals surface area contributed by atoms with E-state index in [0.29, 0.717) is 0 Å². The lowest BCUT2D eigenvalue weighted by atomic mass is 10.1. The fourth-order valence-corrected chi connectivity index (χ4v) is 2.83. The molecule has 3 N–H and O–H groups in total. The van der Waals surface area contributed by atoms with Gasteiger partial charge in [0, 0.05) is 28.8 Å². The Morgan fingerprint density at radius 1 is 1.21 bits per heavy atom. The van der Waals surface area contributed by atoms with Crippen molar-refractivity contribution < 1.29 is 5.11 Å². The molecule has 0 amide bonds. The zero-order chi connectivity index (χ0) is 16.9. The van der Waals surface area contributed by atoms with E-state index in [0.717, 1.165) is 17.7 Å². The average Bonchev–Trinajstić information content (AvgIpc) is 2.97. The van der Waals surface area contributed by atoms with Gasteiger partial charge in [-0.25, -0.2) is 0 Å². The van der Waals surface area contributed by atoms with Gasteiger partial charge in [-0.2, -0.15) is 0 Å². The van der Waals surface area contributed by atoms with Gasteiger partial charge in [0.2, 0.25) is 0 Å². The Morgan fingerprint density at radius 2 is 1.96 bits per heavy atom. The minimum absolute atomic E-state index is 0.274. The first kappa shape index (κ1) is 15.9. The second kappa shape index (κ2) is 7.09. The third kappa shape index (κ3) is 3.87. The molecule has 0 bridgehead atoms. The summed E-state index contributed by atoms with van der Waals surface area (Å²) >= 11 is 0. The van der Waals surface area contributed by atoms with Crippen LogP contribution in [0.2, 0.25) is 0 Å². The van der Waals surface area contributed by atoms with Crippen molar-refractivity contribution in [3.8, 4) is 5.75 Å². The summed E-state index contributed by atoms with van der Waals surface area (Å²) in [5.41, 5.74) is 4.38. The van der Waals surface area contributed by atoms with Crippen LogP contribution in [0.5, 0.6) is 5.75 Å². The largest absolute Gasteiger partial charge is 0.508 e. The van der Waals surface area contributed by atoms with Crippen molar-refractivity contribution in [2.24, 2.45) is 0 Å². The molecule has 0 aliphatic heterocycles. The summed E-state index contributed by atoms with van der Waals surface area (Å²) in [5.74, 6) is 0.274. The van der Waals surface area contributed by atoms with Crippen molar-refractivity contribution in [1.29, 1.82) is 0 Å². The van der Waals surface area contributed by atoms with Gasteiger partial charge in [-0.3, -0.25) is 0 Å². The topological polar surface area (TPSA) is 48.0 Å². The van der Waals surface area contributed by atoms with E-state index >= 15 is 0 Å². The van der Waals surface area contributed by atoms with Gasteiger partial charge in [-0.1, -0.05) is 43.0 Å². The van der Waals surface area contributed by atoms with Crippen LogP contribution >= 0.6 is 0 Å². The van der Waals surface area contributed by atoms with Crippen LogP contribution in [0.1, 0.15) is 18.1 Å². The number of phenolic OH excluding ortho intramolecular Hbond substituents is 1. The maximum Gasteiger partial charge on any atom is 0.115 e. The van der Waals surface area contributed by atoms with Crippen LogP contribution in [0, 0.1) is 0 Å². The Kier molecular flexibility index (Phi) is 4.71. The minimum atomic E-state index is 0.274. The summed E-state index contributed by atoms with van der Waals surface area (Å²) in [4.78, 5) is 3.31. The predicted octanol–water partition coefficient (Wildman–Crippen LogP) is 4.62. The lowest BCUT2D eigenvalue weighted by molar-refractivity contribution is 0.475. The maximum atomic E-state index is 9.29. The van der Waals surface area contributed by atoms with E-state index in [9.17, 15) is 5.11 Å². The van der Waals surface area contributed by atoms with Gasteiger partial charge in [0.15, 0.2) is 0 Å². The van der Waals surface area contributed by atoms with Crippen LogP contribution in [0.4, 0.5) is 0 Å². The fourth-order valence-electron chi connectivity index (χ4n) is 2.83. The van der Waals surface area contributed by atoms with Crippen molar-refractivity contribution >= 4 is 17.0 Å². The summed E-state index contributed by atoms with van der Waals surface area (Å²) in [6, 6.07) is 15.7. The molecule has 122 valence electrons. The lowest BCUT2D eigenvalue weighted by Gasteiger charge is -2.15. The van der Waals surface area contributed by atoms with Gasteiger partial charge in [-0.15, -0.1) is 0 Å². The number of benzene rings is 2. The van der Waals surface area contributed by atoms with Crippen molar-refractivity contribution in [3.63, 3.8) is 0 Å². The minimum Gasteiger partial charge on any atom is -0.508 e. The maximum absolute atomic E-state index is 9.29. The molecule has 3 aromatic rings. The van der Waals surface area contributed by atoms with Gasteiger partial charge in [-0.05, 0) is 48.7 Å². The Hall–Kier alpha value is -2.94. The van der Waals surface area contributed by atoms with E-state index < -0.39 is 0 Å². The number of rotatable bonds is 6. The smallest absolute Gasteiger partial charge is 0.115 e. The van der Waals surface area contributed by atoms with E-state index in [1.807, 2.05) is 30.4 Å². The molecule has 3 nitrogen and oxygen atoms in total. The van der Waals surface area contributed by atoms with Crippen LogP contribution in [0.25, 0.3) is 17.0 Å².